The zero-order valence-electron chi connectivity index (χ0n) is 15.5. The molecule has 141 valence electrons. The van der Waals surface area contributed by atoms with E-state index in [2.05, 4.69) is 44.5 Å². The van der Waals surface area contributed by atoms with Gasteiger partial charge in [0.25, 0.3) is 0 Å². The lowest BCUT2D eigenvalue weighted by Gasteiger charge is -2.34. The number of carbonyl (C=O) groups is 1. The fraction of sp³-hybridized carbons (Fsp3) is 0.227. The van der Waals surface area contributed by atoms with Gasteiger partial charge in [-0.3, -0.25) is 10.5 Å². The maximum atomic E-state index is 12.8. The van der Waals surface area contributed by atoms with Crippen LogP contribution in [0.5, 0.6) is 0 Å². The summed E-state index contributed by atoms with van der Waals surface area (Å²) in [5.74, 6) is 0.501. The Morgan fingerprint density at radius 2 is 1.96 bits per heavy atom. The summed E-state index contributed by atoms with van der Waals surface area (Å²) in [6.07, 6.45) is 2.46. The van der Waals surface area contributed by atoms with Crippen LogP contribution in [-0.2, 0) is 6.42 Å². The predicted octanol–water partition coefficient (Wildman–Crippen LogP) is 2.64. The van der Waals surface area contributed by atoms with Crippen LogP contribution in [0.1, 0.15) is 21.6 Å². The van der Waals surface area contributed by atoms with Crippen molar-refractivity contribution in [2.75, 3.05) is 24.5 Å². The van der Waals surface area contributed by atoms with Crippen molar-refractivity contribution in [2.24, 2.45) is 0 Å². The van der Waals surface area contributed by atoms with Gasteiger partial charge in [-0.15, -0.1) is 0 Å². The third-order valence-electron chi connectivity index (χ3n) is 4.92. The van der Waals surface area contributed by atoms with E-state index >= 15 is 0 Å². The number of piperazine rings is 1. The van der Waals surface area contributed by atoms with Gasteiger partial charge < -0.3 is 10.2 Å². The molecular weight excluding hydrogens is 350 g/mol. The van der Waals surface area contributed by atoms with E-state index in [0.717, 1.165) is 31.9 Å². The lowest BCUT2D eigenvalue weighted by Crippen LogP contribution is -2.52. The number of rotatable bonds is 5. The number of anilines is 1. The van der Waals surface area contributed by atoms with E-state index in [9.17, 15) is 4.79 Å². The smallest absolute Gasteiger partial charge is 0.215 e. The molecule has 3 heterocycles. The van der Waals surface area contributed by atoms with Crippen molar-refractivity contribution >= 4 is 17.4 Å². The molecule has 28 heavy (non-hydrogen) atoms. The first-order valence-electron chi connectivity index (χ1n) is 9.41. The number of nitrogens with zero attached hydrogens (tertiary/aromatic N) is 3. The van der Waals surface area contributed by atoms with E-state index in [1.165, 1.54) is 11.8 Å². The number of benzene rings is 1. The zero-order chi connectivity index (χ0) is 19.3. The molecule has 0 amide bonds. The average molecular weight is 372 g/mol. The van der Waals surface area contributed by atoms with Crippen LogP contribution in [0.15, 0.2) is 66.9 Å². The third-order valence-corrected chi connectivity index (χ3v) is 4.92. The number of ketones is 1. The van der Waals surface area contributed by atoms with Gasteiger partial charge in [0.2, 0.25) is 5.78 Å². The highest BCUT2D eigenvalue weighted by Crippen LogP contribution is 2.19. The Hall–Kier alpha value is -3.25. The molecule has 0 bridgehead atoms. The molecule has 0 unspecified atom stereocenters. The fourth-order valence-electron chi connectivity index (χ4n) is 3.52. The summed E-state index contributed by atoms with van der Waals surface area (Å²) in [6.45, 7) is 2.54. The molecule has 1 aliphatic heterocycles. The maximum absolute atomic E-state index is 12.8. The average Bonchev–Trinajstić information content (AvgIpc) is 2.75. The summed E-state index contributed by atoms with van der Waals surface area (Å²) in [5.41, 5.74) is 9.78. The van der Waals surface area contributed by atoms with Gasteiger partial charge in [0, 0.05) is 31.9 Å². The minimum absolute atomic E-state index is 0.0233. The van der Waals surface area contributed by atoms with Gasteiger partial charge in [-0.1, -0.05) is 36.4 Å². The lowest BCUT2D eigenvalue weighted by atomic mass is 10.0. The molecular formula is C22H22N5O. The van der Waals surface area contributed by atoms with Gasteiger partial charge in [-0.2, -0.15) is 0 Å². The molecule has 1 aromatic carbocycles. The Balaban J connectivity index is 1.51. The molecule has 1 aliphatic rings. The van der Waals surface area contributed by atoms with Crippen LogP contribution >= 0.6 is 0 Å². The van der Waals surface area contributed by atoms with E-state index in [-0.39, 0.29) is 17.2 Å². The summed E-state index contributed by atoms with van der Waals surface area (Å²) >= 11 is 0. The first kappa shape index (κ1) is 18.1. The van der Waals surface area contributed by atoms with Gasteiger partial charge in [0.15, 0.2) is 5.82 Å². The normalized spacial score (nSPS) is 16.7. The number of aromatic nitrogens is 2. The van der Waals surface area contributed by atoms with E-state index < -0.39 is 0 Å². The predicted molar refractivity (Wildman–Crippen MR) is 109 cm³/mol. The van der Waals surface area contributed by atoms with Crippen LogP contribution in [0.4, 0.5) is 11.6 Å². The molecule has 0 saturated carbocycles. The van der Waals surface area contributed by atoms with Crippen molar-refractivity contribution in [2.45, 2.75) is 12.5 Å². The van der Waals surface area contributed by atoms with Crippen LogP contribution in [0.2, 0.25) is 0 Å². The van der Waals surface area contributed by atoms with Crippen molar-refractivity contribution < 1.29 is 4.79 Å². The van der Waals surface area contributed by atoms with Crippen molar-refractivity contribution in [3.63, 3.8) is 0 Å². The Bertz CT molecular complexity index is 960. The standard InChI is InChI=1S/C22H22N5O/c23-22-18(8-5-11-25-22)21(28)19-9-4-10-20(26-19)27-13-12-24-17(15-27)14-16-6-2-1-3-7-16/h1-11,17,23-24H,12-15H2/t17-/m1/s1. The summed E-state index contributed by atoms with van der Waals surface area (Å²) in [5, 5.41) is 3.57. The molecule has 2 aromatic heterocycles. The number of hydrogen-bond acceptors (Lipinski definition) is 5. The van der Waals surface area contributed by atoms with Crippen molar-refractivity contribution in [3.8, 4) is 0 Å². The number of carbonyl (C=O) groups excluding carboxylic acids is 1. The number of pyridine rings is 2. The fourth-order valence-corrected chi connectivity index (χ4v) is 3.52. The Morgan fingerprint density at radius 1 is 1.11 bits per heavy atom. The van der Waals surface area contributed by atoms with Gasteiger partial charge >= 0.3 is 0 Å². The molecule has 0 spiro atoms. The van der Waals surface area contributed by atoms with E-state index in [4.69, 9.17) is 5.73 Å². The second-order valence-corrected chi connectivity index (χ2v) is 6.90. The minimum Gasteiger partial charge on any atom is -0.354 e. The van der Waals surface area contributed by atoms with E-state index in [1.54, 1.807) is 18.2 Å². The largest absolute Gasteiger partial charge is 0.354 e. The van der Waals surface area contributed by atoms with Crippen LogP contribution in [0.25, 0.3) is 0 Å². The van der Waals surface area contributed by atoms with Crippen molar-refractivity contribution in [1.29, 1.82) is 0 Å². The van der Waals surface area contributed by atoms with Crippen LogP contribution in [-0.4, -0.2) is 41.4 Å². The van der Waals surface area contributed by atoms with Crippen LogP contribution < -0.4 is 16.0 Å². The molecule has 0 aliphatic carbocycles. The van der Waals surface area contributed by atoms with E-state index in [1.807, 2.05) is 18.2 Å². The zero-order valence-corrected chi connectivity index (χ0v) is 15.5. The summed E-state index contributed by atoms with van der Waals surface area (Å²) in [6, 6.07) is 19.5. The highest BCUT2D eigenvalue weighted by Gasteiger charge is 2.22. The monoisotopic (exact) mass is 372 g/mol. The van der Waals surface area contributed by atoms with Gasteiger partial charge in [0.1, 0.15) is 11.5 Å². The SMILES string of the molecule is [NH]c1ncccc1C(=O)c1cccc(N2CCN[C@H](Cc3ccccc3)C2)n1. The van der Waals surface area contributed by atoms with Gasteiger partial charge in [-0.05, 0) is 36.2 Å². The van der Waals surface area contributed by atoms with Crippen molar-refractivity contribution in [3.05, 3.63) is 83.7 Å². The first-order chi connectivity index (χ1) is 13.7. The van der Waals surface area contributed by atoms with Gasteiger partial charge in [-0.25, -0.2) is 9.97 Å². The Kier molecular flexibility index (Phi) is 5.30. The summed E-state index contributed by atoms with van der Waals surface area (Å²) in [4.78, 5) is 23.4. The minimum atomic E-state index is -0.268. The molecule has 1 atom stereocenters. The second-order valence-electron chi connectivity index (χ2n) is 6.90. The molecule has 6 nitrogen and oxygen atoms in total. The summed E-state index contributed by atoms with van der Waals surface area (Å²) < 4.78 is 0. The van der Waals surface area contributed by atoms with Crippen LogP contribution in [0.3, 0.4) is 0 Å². The maximum Gasteiger partial charge on any atom is 0.215 e. The lowest BCUT2D eigenvalue weighted by molar-refractivity contribution is 0.103. The topological polar surface area (TPSA) is 81.9 Å². The molecule has 1 saturated heterocycles. The highest BCUT2D eigenvalue weighted by atomic mass is 16.1. The molecule has 1 fully saturated rings. The van der Waals surface area contributed by atoms with Crippen molar-refractivity contribution in [1.82, 2.24) is 21.0 Å². The second kappa shape index (κ2) is 8.19. The molecule has 2 N–H and O–H groups in total. The highest BCUT2D eigenvalue weighted by molar-refractivity contribution is 6.10. The third kappa shape index (κ3) is 4.02. The Labute approximate surface area is 164 Å². The number of nitrogens with one attached hydrogen (secondary N) is 2. The van der Waals surface area contributed by atoms with E-state index in [0.29, 0.717) is 11.7 Å². The molecule has 6 heteroatoms. The molecule has 3 aromatic rings. The summed E-state index contributed by atoms with van der Waals surface area (Å²) in [7, 11) is 0. The Morgan fingerprint density at radius 3 is 2.79 bits per heavy atom. The molecule has 1 radical (unpaired) electrons. The first-order valence-corrected chi connectivity index (χ1v) is 9.41. The number of hydrogen-bond donors (Lipinski definition) is 1. The quantitative estimate of drug-likeness (QED) is 0.696. The van der Waals surface area contributed by atoms with Crippen LogP contribution in [0, 0.1) is 0 Å². The van der Waals surface area contributed by atoms with Gasteiger partial charge in [0.05, 0.1) is 5.56 Å². The molecule has 4 rings (SSSR count).